The van der Waals surface area contributed by atoms with Gasteiger partial charge in [0.25, 0.3) is 0 Å². The van der Waals surface area contributed by atoms with Gasteiger partial charge in [0.2, 0.25) is 0 Å². The Bertz CT molecular complexity index is 1460. The highest BCUT2D eigenvalue weighted by Gasteiger charge is 2.18. The van der Waals surface area contributed by atoms with E-state index >= 15 is 0 Å². The van der Waals surface area contributed by atoms with E-state index in [1.54, 1.807) is 0 Å². The molecule has 0 unspecified atom stereocenters. The summed E-state index contributed by atoms with van der Waals surface area (Å²) in [5, 5.41) is 8.88. The lowest BCUT2D eigenvalue weighted by molar-refractivity contribution is 0.768. The zero-order valence-electron chi connectivity index (χ0n) is 19.0. The highest BCUT2D eigenvalue weighted by Crippen LogP contribution is 2.29. The van der Waals surface area contributed by atoms with Gasteiger partial charge >= 0.3 is 0 Å². The van der Waals surface area contributed by atoms with Crippen molar-refractivity contribution in [1.29, 1.82) is 0 Å². The van der Waals surface area contributed by atoms with Crippen LogP contribution in [0.2, 0.25) is 0 Å². The predicted molar refractivity (Wildman–Crippen MR) is 133 cm³/mol. The number of aromatic nitrogens is 6. The monoisotopic (exact) mass is 447 g/mol. The van der Waals surface area contributed by atoms with Crippen molar-refractivity contribution in [3.8, 4) is 11.1 Å². The number of benzene rings is 1. The number of fused-ring (bicyclic) bond motifs is 1. The fourth-order valence-electron chi connectivity index (χ4n) is 4.49. The first-order valence-electron chi connectivity index (χ1n) is 11.5. The summed E-state index contributed by atoms with van der Waals surface area (Å²) in [6.07, 6.45) is 15.8. The summed E-state index contributed by atoms with van der Waals surface area (Å²) >= 11 is 0. The van der Waals surface area contributed by atoms with Crippen LogP contribution in [-0.4, -0.2) is 42.5 Å². The number of hydrogen-bond acceptors (Lipinski definition) is 5. The molecule has 0 atom stereocenters. The van der Waals surface area contributed by atoms with Gasteiger partial charge in [-0.15, -0.1) is 0 Å². The number of nitrogens with zero attached hydrogens (tertiary/aromatic N) is 7. The number of pyridine rings is 1. The van der Waals surface area contributed by atoms with E-state index in [0.717, 1.165) is 59.7 Å². The largest absolute Gasteiger partial charge is 0.364 e. The molecule has 7 nitrogen and oxygen atoms in total. The van der Waals surface area contributed by atoms with Gasteiger partial charge in [-0.25, -0.2) is 14.5 Å². The van der Waals surface area contributed by atoms with Crippen LogP contribution >= 0.6 is 0 Å². The van der Waals surface area contributed by atoms with Gasteiger partial charge in [-0.05, 0) is 29.2 Å². The van der Waals surface area contributed by atoms with E-state index in [9.17, 15) is 0 Å². The van der Waals surface area contributed by atoms with Crippen LogP contribution in [0.15, 0.2) is 85.7 Å². The van der Waals surface area contributed by atoms with Crippen LogP contribution in [0, 0.1) is 0 Å². The van der Waals surface area contributed by atoms with Gasteiger partial charge in [-0.1, -0.05) is 42.5 Å². The molecule has 4 aromatic heterocycles. The molecule has 7 heteroatoms. The topological polar surface area (TPSA) is 64.1 Å². The summed E-state index contributed by atoms with van der Waals surface area (Å²) in [5.74, 6) is 0.831. The molecule has 5 heterocycles. The molecule has 0 spiro atoms. The van der Waals surface area contributed by atoms with Crippen molar-refractivity contribution in [3.05, 3.63) is 103 Å². The third-order valence-electron chi connectivity index (χ3n) is 6.33. The molecule has 0 aliphatic carbocycles. The minimum atomic E-state index is 0.816. The van der Waals surface area contributed by atoms with E-state index in [0.29, 0.717) is 0 Å². The maximum Gasteiger partial charge on any atom is 0.154 e. The van der Waals surface area contributed by atoms with E-state index in [1.807, 2.05) is 53.3 Å². The number of anilines is 1. The number of hydrogen-bond donors (Lipinski definition) is 0. The first-order valence-corrected chi connectivity index (χ1v) is 11.5. The van der Waals surface area contributed by atoms with Crippen LogP contribution in [-0.2, 0) is 13.5 Å². The van der Waals surface area contributed by atoms with E-state index in [-0.39, 0.29) is 0 Å². The standard InChI is InChI=1S/C27H25N7/c1-32-18-24(16-30-32)23-7-8-25-26(17-31-34(25)19-23)33-11-9-22(10-12-33)27-28-14-21(15-29-27)13-20-5-3-2-4-6-20/h2-9,14-19H,10-13H2,1H3. The lowest BCUT2D eigenvalue weighted by Gasteiger charge is -2.27. The van der Waals surface area contributed by atoms with E-state index in [2.05, 4.69) is 73.7 Å². The molecule has 0 amide bonds. The molecule has 5 aromatic rings. The van der Waals surface area contributed by atoms with E-state index in [4.69, 9.17) is 0 Å². The van der Waals surface area contributed by atoms with Crippen molar-refractivity contribution >= 4 is 16.8 Å². The SMILES string of the molecule is Cn1cc(-c2ccc3c(N4CC=C(c5ncc(Cc6ccccc6)cn5)CC4)cnn3c2)cn1. The van der Waals surface area contributed by atoms with Crippen molar-refractivity contribution in [2.75, 3.05) is 18.0 Å². The molecule has 1 aliphatic rings. The third kappa shape index (κ3) is 3.96. The van der Waals surface area contributed by atoms with Gasteiger partial charge < -0.3 is 4.90 Å². The van der Waals surface area contributed by atoms with E-state index < -0.39 is 0 Å². The van der Waals surface area contributed by atoms with Crippen LogP contribution in [0.4, 0.5) is 5.69 Å². The predicted octanol–water partition coefficient (Wildman–Crippen LogP) is 4.41. The molecule has 0 saturated carbocycles. The van der Waals surface area contributed by atoms with Crippen LogP contribution < -0.4 is 4.90 Å². The fourth-order valence-corrected chi connectivity index (χ4v) is 4.49. The zero-order valence-corrected chi connectivity index (χ0v) is 19.0. The van der Waals surface area contributed by atoms with Crippen molar-refractivity contribution in [2.45, 2.75) is 12.8 Å². The van der Waals surface area contributed by atoms with Gasteiger partial charge in [0.1, 0.15) is 0 Å². The van der Waals surface area contributed by atoms with Gasteiger partial charge in [-0.3, -0.25) is 4.68 Å². The van der Waals surface area contributed by atoms with Crippen molar-refractivity contribution in [1.82, 2.24) is 29.4 Å². The third-order valence-corrected chi connectivity index (χ3v) is 6.33. The summed E-state index contributed by atoms with van der Waals surface area (Å²) in [7, 11) is 1.93. The average Bonchev–Trinajstić information content (AvgIpc) is 3.51. The molecular weight excluding hydrogens is 422 g/mol. The Kier molecular flexibility index (Phi) is 5.14. The van der Waals surface area contributed by atoms with Crippen molar-refractivity contribution in [2.24, 2.45) is 7.05 Å². The Morgan fingerprint density at radius 3 is 2.41 bits per heavy atom. The number of rotatable bonds is 5. The van der Waals surface area contributed by atoms with Crippen LogP contribution in [0.3, 0.4) is 0 Å². The van der Waals surface area contributed by atoms with Crippen molar-refractivity contribution in [3.63, 3.8) is 0 Å². The second-order valence-electron chi connectivity index (χ2n) is 8.68. The van der Waals surface area contributed by atoms with Gasteiger partial charge in [0.15, 0.2) is 5.82 Å². The maximum atomic E-state index is 4.66. The summed E-state index contributed by atoms with van der Waals surface area (Å²) in [6, 6.07) is 14.7. The quantitative estimate of drug-likeness (QED) is 0.399. The normalized spacial score (nSPS) is 13.9. The Balaban J connectivity index is 1.17. The first-order chi connectivity index (χ1) is 16.7. The second-order valence-corrected chi connectivity index (χ2v) is 8.68. The summed E-state index contributed by atoms with van der Waals surface area (Å²) < 4.78 is 3.76. The summed E-state index contributed by atoms with van der Waals surface area (Å²) in [4.78, 5) is 11.7. The minimum absolute atomic E-state index is 0.816. The highest BCUT2D eigenvalue weighted by molar-refractivity contribution is 5.77. The van der Waals surface area contributed by atoms with Crippen LogP contribution in [0.1, 0.15) is 23.4 Å². The second kappa shape index (κ2) is 8.59. The van der Waals surface area contributed by atoms with Gasteiger partial charge in [0.05, 0.1) is 23.6 Å². The van der Waals surface area contributed by atoms with Crippen LogP contribution in [0.25, 0.3) is 22.2 Å². The smallest absolute Gasteiger partial charge is 0.154 e. The Morgan fingerprint density at radius 2 is 1.68 bits per heavy atom. The Labute approximate surface area is 198 Å². The molecule has 1 aromatic carbocycles. The molecular formula is C27H25N7. The molecule has 168 valence electrons. The van der Waals surface area contributed by atoms with Gasteiger partial charge in [0, 0.05) is 62.5 Å². The van der Waals surface area contributed by atoms with E-state index in [1.165, 1.54) is 11.1 Å². The Hall–Kier alpha value is -4.26. The highest BCUT2D eigenvalue weighted by atomic mass is 15.3. The summed E-state index contributed by atoms with van der Waals surface area (Å²) in [5.41, 5.74) is 8.04. The first kappa shape index (κ1) is 20.4. The Morgan fingerprint density at radius 1 is 0.824 bits per heavy atom. The lowest BCUT2D eigenvalue weighted by atomic mass is 10.1. The molecule has 1 aliphatic heterocycles. The molecule has 34 heavy (non-hydrogen) atoms. The molecule has 0 fully saturated rings. The average molecular weight is 448 g/mol. The minimum Gasteiger partial charge on any atom is -0.364 e. The summed E-state index contributed by atoms with van der Waals surface area (Å²) in [6.45, 7) is 1.73. The molecule has 0 saturated heterocycles. The van der Waals surface area contributed by atoms with Crippen molar-refractivity contribution < 1.29 is 0 Å². The number of aryl methyl sites for hydroxylation is 1. The fraction of sp³-hybridized carbons (Fsp3) is 0.185. The lowest BCUT2D eigenvalue weighted by Crippen LogP contribution is -2.28. The molecule has 0 N–H and O–H groups in total. The molecule has 0 radical (unpaired) electrons. The zero-order chi connectivity index (χ0) is 22.9. The molecule has 6 rings (SSSR count). The molecule has 0 bridgehead atoms. The maximum absolute atomic E-state index is 4.66. The van der Waals surface area contributed by atoms with Crippen LogP contribution in [0.5, 0.6) is 0 Å². The van der Waals surface area contributed by atoms with Gasteiger partial charge in [-0.2, -0.15) is 10.2 Å².